The lowest BCUT2D eigenvalue weighted by atomic mass is 10.2. The van der Waals surface area contributed by atoms with Gasteiger partial charge in [-0.25, -0.2) is 9.97 Å². The van der Waals surface area contributed by atoms with Crippen molar-refractivity contribution in [3.63, 3.8) is 0 Å². The zero-order valence-electron chi connectivity index (χ0n) is 11.1. The maximum Gasteiger partial charge on any atom is 0.240 e. The van der Waals surface area contributed by atoms with Crippen LogP contribution in [0.15, 0.2) is 55.1 Å². The van der Waals surface area contributed by atoms with Crippen molar-refractivity contribution in [1.82, 2.24) is 19.7 Å². The third kappa shape index (κ3) is 2.51. The summed E-state index contributed by atoms with van der Waals surface area (Å²) in [4.78, 5) is 8.44. The lowest BCUT2D eigenvalue weighted by molar-refractivity contribution is 0.398. The van der Waals surface area contributed by atoms with Crippen molar-refractivity contribution in [1.29, 1.82) is 0 Å². The summed E-state index contributed by atoms with van der Waals surface area (Å²) in [5.41, 5.74) is 2.80. The SMILES string of the molecule is COc1nccnc1-c1cnn(Cc2ccccc2)c1. The van der Waals surface area contributed by atoms with Crippen LogP contribution in [0, 0.1) is 0 Å². The maximum absolute atomic E-state index is 5.22. The second kappa shape index (κ2) is 5.52. The molecule has 0 unspecified atom stereocenters. The molecule has 0 spiro atoms. The van der Waals surface area contributed by atoms with Gasteiger partial charge in [0.25, 0.3) is 0 Å². The fraction of sp³-hybridized carbons (Fsp3) is 0.133. The summed E-state index contributed by atoms with van der Waals surface area (Å²) in [6.07, 6.45) is 6.97. The number of hydrogen-bond acceptors (Lipinski definition) is 4. The molecule has 0 aliphatic heterocycles. The molecule has 100 valence electrons. The summed E-state index contributed by atoms with van der Waals surface area (Å²) >= 11 is 0. The molecule has 3 rings (SSSR count). The second-order valence-electron chi connectivity index (χ2n) is 4.33. The van der Waals surface area contributed by atoms with Gasteiger partial charge < -0.3 is 4.74 Å². The van der Waals surface area contributed by atoms with Crippen molar-refractivity contribution < 1.29 is 4.74 Å². The zero-order valence-corrected chi connectivity index (χ0v) is 11.1. The summed E-state index contributed by atoms with van der Waals surface area (Å²) in [6.45, 7) is 0.726. The van der Waals surface area contributed by atoms with Gasteiger partial charge in [-0.1, -0.05) is 30.3 Å². The Balaban J connectivity index is 1.87. The molecule has 2 aromatic heterocycles. The highest BCUT2D eigenvalue weighted by Crippen LogP contribution is 2.24. The molecular weight excluding hydrogens is 252 g/mol. The predicted octanol–water partition coefficient (Wildman–Crippen LogP) is 2.40. The molecule has 5 heteroatoms. The van der Waals surface area contributed by atoms with Gasteiger partial charge >= 0.3 is 0 Å². The van der Waals surface area contributed by atoms with Gasteiger partial charge in [-0.05, 0) is 5.56 Å². The molecule has 20 heavy (non-hydrogen) atoms. The van der Waals surface area contributed by atoms with Gasteiger partial charge in [0.05, 0.1) is 19.9 Å². The molecule has 2 heterocycles. The first-order valence-electron chi connectivity index (χ1n) is 6.28. The van der Waals surface area contributed by atoms with Gasteiger partial charge in [-0.15, -0.1) is 0 Å². The molecule has 3 aromatic rings. The molecule has 0 aliphatic carbocycles. The van der Waals surface area contributed by atoms with E-state index in [1.807, 2.05) is 29.1 Å². The van der Waals surface area contributed by atoms with Crippen LogP contribution >= 0.6 is 0 Å². The van der Waals surface area contributed by atoms with E-state index in [9.17, 15) is 0 Å². The smallest absolute Gasteiger partial charge is 0.240 e. The number of hydrogen-bond donors (Lipinski definition) is 0. The summed E-state index contributed by atoms with van der Waals surface area (Å²) < 4.78 is 7.09. The average molecular weight is 266 g/mol. The third-order valence-corrected chi connectivity index (χ3v) is 2.95. The van der Waals surface area contributed by atoms with E-state index in [1.54, 1.807) is 25.7 Å². The molecule has 0 aliphatic rings. The zero-order chi connectivity index (χ0) is 13.8. The third-order valence-electron chi connectivity index (χ3n) is 2.95. The lowest BCUT2D eigenvalue weighted by Gasteiger charge is -2.03. The van der Waals surface area contributed by atoms with Crippen molar-refractivity contribution in [2.24, 2.45) is 0 Å². The van der Waals surface area contributed by atoms with Crippen LogP contribution in [0.25, 0.3) is 11.3 Å². The molecule has 1 aromatic carbocycles. The summed E-state index contributed by atoms with van der Waals surface area (Å²) in [5, 5.41) is 4.36. The largest absolute Gasteiger partial charge is 0.479 e. The van der Waals surface area contributed by atoms with Crippen LogP contribution in [0.5, 0.6) is 5.88 Å². The van der Waals surface area contributed by atoms with E-state index in [4.69, 9.17) is 4.74 Å². The van der Waals surface area contributed by atoms with Crippen LogP contribution in [-0.2, 0) is 6.54 Å². The standard InChI is InChI=1S/C15H14N4O/c1-20-15-14(16-7-8-17-15)13-9-18-19(11-13)10-12-5-3-2-4-6-12/h2-9,11H,10H2,1H3. The Bertz CT molecular complexity index is 694. The highest BCUT2D eigenvalue weighted by Gasteiger charge is 2.10. The van der Waals surface area contributed by atoms with Crippen LogP contribution in [-0.4, -0.2) is 26.9 Å². The molecule has 0 saturated heterocycles. The van der Waals surface area contributed by atoms with Gasteiger partial charge in [0.1, 0.15) is 5.69 Å². The molecule has 5 nitrogen and oxygen atoms in total. The first-order valence-corrected chi connectivity index (χ1v) is 6.28. The summed E-state index contributed by atoms with van der Waals surface area (Å²) in [6, 6.07) is 10.2. The predicted molar refractivity (Wildman–Crippen MR) is 75.3 cm³/mol. The fourth-order valence-corrected chi connectivity index (χ4v) is 2.02. The van der Waals surface area contributed by atoms with Crippen molar-refractivity contribution in [3.8, 4) is 17.1 Å². The van der Waals surface area contributed by atoms with Crippen molar-refractivity contribution >= 4 is 0 Å². The van der Waals surface area contributed by atoms with E-state index in [0.29, 0.717) is 11.6 Å². The van der Waals surface area contributed by atoms with E-state index >= 15 is 0 Å². The molecule has 0 amide bonds. The van der Waals surface area contributed by atoms with E-state index in [2.05, 4.69) is 27.2 Å². The minimum Gasteiger partial charge on any atom is -0.479 e. The average Bonchev–Trinajstić information content (AvgIpc) is 2.96. The van der Waals surface area contributed by atoms with E-state index in [-0.39, 0.29) is 0 Å². The summed E-state index contributed by atoms with van der Waals surface area (Å²) in [7, 11) is 1.59. The number of ether oxygens (including phenoxy) is 1. The van der Waals surface area contributed by atoms with Crippen LogP contribution in [0.4, 0.5) is 0 Å². The van der Waals surface area contributed by atoms with Gasteiger partial charge in [-0.2, -0.15) is 5.10 Å². The highest BCUT2D eigenvalue weighted by molar-refractivity contribution is 5.62. The van der Waals surface area contributed by atoms with Crippen LogP contribution in [0.1, 0.15) is 5.56 Å². The summed E-state index contributed by atoms with van der Waals surface area (Å²) in [5.74, 6) is 0.506. The van der Waals surface area contributed by atoms with E-state index in [1.165, 1.54) is 5.56 Å². The first-order chi connectivity index (χ1) is 9.86. The van der Waals surface area contributed by atoms with E-state index < -0.39 is 0 Å². The molecule has 0 fully saturated rings. The molecule has 0 N–H and O–H groups in total. The number of aromatic nitrogens is 4. The quantitative estimate of drug-likeness (QED) is 0.727. The maximum atomic E-state index is 5.22. The Morgan fingerprint density at radius 3 is 2.70 bits per heavy atom. The Morgan fingerprint density at radius 1 is 1.10 bits per heavy atom. The number of rotatable bonds is 4. The van der Waals surface area contributed by atoms with Crippen molar-refractivity contribution in [2.45, 2.75) is 6.54 Å². The van der Waals surface area contributed by atoms with Gasteiger partial charge in [-0.3, -0.25) is 4.68 Å². The molecule has 0 radical (unpaired) electrons. The Labute approximate surface area is 116 Å². The van der Waals surface area contributed by atoms with Crippen LogP contribution in [0.3, 0.4) is 0 Å². The van der Waals surface area contributed by atoms with Crippen molar-refractivity contribution in [2.75, 3.05) is 7.11 Å². The highest BCUT2D eigenvalue weighted by atomic mass is 16.5. The fourth-order valence-electron chi connectivity index (χ4n) is 2.02. The Morgan fingerprint density at radius 2 is 1.90 bits per heavy atom. The molecule has 0 bridgehead atoms. The minimum atomic E-state index is 0.506. The normalized spacial score (nSPS) is 10.4. The molecule has 0 saturated carbocycles. The topological polar surface area (TPSA) is 52.8 Å². The van der Waals surface area contributed by atoms with Gasteiger partial charge in [0, 0.05) is 24.2 Å². The lowest BCUT2D eigenvalue weighted by Crippen LogP contribution is -1.99. The Hall–Kier alpha value is -2.69. The van der Waals surface area contributed by atoms with Crippen LogP contribution in [0.2, 0.25) is 0 Å². The van der Waals surface area contributed by atoms with Gasteiger partial charge in [0.2, 0.25) is 5.88 Å². The minimum absolute atomic E-state index is 0.506. The number of nitrogens with zero attached hydrogens (tertiary/aromatic N) is 4. The van der Waals surface area contributed by atoms with Crippen molar-refractivity contribution in [3.05, 3.63) is 60.7 Å². The molecule has 0 atom stereocenters. The van der Waals surface area contributed by atoms with E-state index in [0.717, 1.165) is 12.1 Å². The second-order valence-corrected chi connectivity index (χ2v) is 4.33. The Kier molecular flexibility index (Phi) is 3.41. The van der Waals surface area contributed by atoms with Gasteiger partial charge in [0.15, 0.2) is 0 Å². The van der Waals surface area contributed by atoms with Crippen LogP contribution < -0.4 is 4.74 Å². The molecular formula is C15H14N4O. The first kappa shape index (κ1) is 12.3. The number of benzene rings is 1. The number of methoxy groups -OCH3 is 1. The monoisotopic (exact) mass is 266 g/mol.